The molecule has 0 aliphatic carbocycles. The van der Waals surface area contributed by atoms with E-state index >= 15 is 0 Å². The molecular formula is C13H15F4NO. The highest BCUT2D eigenvalue weighted by atomic mass is 19.4. The molecule has 0 saturated heterocycles. The largest absolute Gasteiger partial charge is 0.502 e. The van der Waals surface area contributed by atoms with Gasteiger partial charge in [-0.1, -0.05) is 12.6 Å². The maximum Gasteiger partial charge on any atom is 0.416 e. The molecular weight excluding hydrogens is 262 g/mol. The highest BCUT2D eigenvalue weighted by Crippen LogP contribution is 2.32. The maximum absolute atomic E-state index is 12.9. The molecule has 0 spiro atoms. The van der Waals surface area contributed by atoms with Crippen molar-refractivity contribution < 1.29 is 22.3 Å². The predicted molar refractivity (Wildman–Crippen MR) is 63.9 cm³/mol. The van der Waals surface area contributed by atoms with Crippen LogP contribution in [-0.2, 0) is 17.5 Å². The molecule has 1 N–H and O–H groups in total. The Morgan fingerprint density at radius 3 is 2.68 bits per heavy atom. The second kappa shape index (κ2) is 7.13. The van der Waals surface area contributed by atoms with Crippen LogP contribution in [-0.4, -0.2) is 13.2 Å². The molecule has 1 aromatic rings. The molecule has 19 heavy (non-hydrogen) atoms. The van der Waals surface area contributed by atoms with Crippen molar-refractivity contribution >= 4 is 0 Å². The second-order valence-corrected chi connectivity index (χ2v) is 3.87. The molecule has 0 aromatic heterocycles. The van der Waals surface area contributed by atoms with E-state index in [0.717, 1.165) is 12.1 Å². The molecule has 0 bridgehead atoms. The van der Waals surface area contributed by atoms with Crippen LogP contribution >= 0.6 is 0 Å². The SMILES string of the molecule is C=COCCCNCc1ccc(F)cc1C(F)(F)F. The number of hydrogen-bond donors (Lipinski definition) is 1. The minimum atomic E-state index is -4.55. The molecule has 1 rings (SSSR count). The van der Waals surface area contributed by atoms with E-state index in [-0.39, 0.29) is 12.1 Å². The summed E-state index contributed by atoms with van der Waals surface area (Å²) in [5, 5.41) is 2.86. The maximum atomic E-state index is 12.9. The first-order valence-electron chi connectivity index (χ1n) is 5.74. The van der Waals surface area contributed by atoms with Crippen LogP contribution in [0.3, 0.4) is 0 Å². The Bertz CT molecular complexity index is 418. The van der Waals surface area contributed by atoms with E-state index in [2.05, 4.69) is 11.9 Å². The molecule has 6 heteroatoms. The number of hydrogen-bond acceptors (Lipinski definition) is 2. The van der Waals surface area contributed by atoms with Crippen LogP contribution in [0.25, 0.3) is 0 Å². The fourth-order valence-electron chi connectivity index (χ4n) is 1.55. The molecule has 0 saturated carbocycles. The summed E-state index contributed by atoms with van der Waals surface area (Å²) in [7, 11) is 0. The minimum absolute atomic E-state index is 0.0264. The van der Waals surface area contributed by atoms with Gasteiger partial charge in [0.05, 0.1) is 18.4 Å². The summed E-state index contributed by atoms with van der Waals surface area (Å²) < 4.78 is 55.8. The zero-order valence-electron chi connectivity index (χ0n) is 10.3. The predicted octanol–water partition coefficient (Wildman–Crippen LogP) is 3.48. The fourth-order valence-corrected chi connectivity index (χ4v) is 1.55. The Labute approximate surface area is 109 Å². The molecule has 0 aliphatic heterocycles. The Balaban J connectivity index is 2.56. The Kier molecular flexibility index (Phi) is 5.82. The van der Waals surface area contributed by atoms with E-state index in [1.165, 1.54) is 6.26 Å². The third-order valence-electron chi connectivity index (χ3n) is 2.43. The van der Waals surface area contributed by atoms with Crippen molar-refractivity contribution in [2.75, 3.05) is 13.2 Å². The fraction of sp³-hybridized carbons (Fsp3) is 0.385. The van der Waals surface area contributed by atoms with Crippen LogP contribution in [0.2, 0.25) is 0 Å². The number of rotatable bonds is 7. The van der Waals surface area contributed by atoms with Gasteiger partial charge < -0.3 is 10.1 Å². The smallest absolute Gasteiger partial charge is 0.416 e. The molecule has 0 radical (unpaired) electrons. The number of halogens is 4. The lowest BCUT2D eigenvalue weighted by Gasteiger charge is -2.13. The molecule has 2 nitrogen and oxygen atoms in total. The van der Waals surface area contributed by atoms with Gasteiger partial charge in [-0.25, -0.2) is 4.39 Å². The summed E-state index contributed by atoms with van der Waals surface area (Å²) >= 11 is 0. The van der Waals surface area contributed by atoms with Gasteiger partial charge in [0.25, 0.3) is 0 Å². The topological polar surface area (TPSA) is 21.3 Å². The van der Waals surface area contributed by atoms with Gasteiger partial charge in [0.2, 0.25) is 0 Å². The highest BCUT2D eigenvalue weighted by Gasteiger charge is 2.33. The van der Waals surface area contributed by atoms with Crippen molar-refractivity contribution in [1.29, 1.82) is 0 Å². The average Bonchev–Trinajstić information content (AvgIpc) is 2.34. The Hall–Kier alpha value is -1.56. The molecule has 1 aromatic carbocycles. The molecule has 106 valence electrons. The van der Waals surface area contributed by atoms with Gasteiger partial charge in [0.15, 0.2) is 0 Å². The summed E-state index contributed by atoms with van der Waals surface area (Å²) in [6.07, 6.45) is -2.60. The quantitative estimate of drug-likeness (QED) is 0.468. The van der Waals surface area contributed by atoms with Crippen LogP contribution in [0.4, 0.5) is 17.6 Å². The molecule has 0 heterocycles. The molecule has 0 aliphatic rings. The van der Waals surface area contributed by atoms with E-state index in [0.29, 0.717) is 25.6 Å². The van der Waals surface area contributed by atoms with Crippen molar-refractivity contribution in [3.63, 3.8) is 0 Å². The lowest BCUT2D eigenvalue weighted by atomic mass is 10.1. The third-order valence-corrected chi connectivity index (χ3v) is 2.43. The van der Waals surface area contributed by atoms with Gasteiger partial charge in [-0.2, -0.15) is 13.2 Å². The highest BCUT2D eigenvalue weighted by molar-refractivity contribution is 5.30. The van der Waals surface area contributed by atoms with Crippen molar-refractivity contribution in [3.05, 3.63) is 48.0 Å². The Morgan fingerprint density at radius 2 is 2.05 bits per heavy atom. The van der Waals surface area contributed by atoms with Crippen molar-refractivity contribution in [2.45, 2.75) is 19.1 Å². The first-order valence-corrected chi connectivity index (χ1v) is 5.74. The summed E-state index contributed by atoms with van der Waals surface area (Å²) in [5.41, 5.74) is -0.916. The van der Waals surface area contributed by atoms with Gasteiger partial charge in [0, 0.05) is 6.54 Å². The average molecular weight is 277 g/mol. The minimum Gasteiger partial charge on any atom is -0.502 e. The number of alkyl halides is 3. The molecule has 0 atom stereocenters. The monoisotopic (exact) mass is 277 g/mol. The third kappa shape index (κ3) is 5.30. The van der Waals surface area contributed by atoms with E-state index in [1.807, 2.05) is 0 Å². The summed E-state index contributed by atoms with van der Waals surface area (Å²) in [6, 6.07) is 2.68. The lowest BCUT2D eigenvalue weighted by Crippen LogP contribution is -2.19. The van der Waals surface area contributed by atoms with Gasteiger partial charge in [-0.15, -0.1) is 0 Å². The first-order chi connectivity index (χ1) is 8.95. The zero-order chi connectivity index (χ0) is 14.3. The number of nitrogens with one attached hydrogen (secondary N) is 1. The summed E-state index contributed by atoms with van der Waals surface area (Å²) in [4.78, 5) is 0. The summed E-state index contributed by atoms with van der Waals surface area (Å²) in [6.45, 7) is 4.35. The van der Waals surface area contributed by atoms with Crippen molar-refractivity contribution in [1.82, 2.24) is 5.32 Å². The van der Waals surface area contributed by atoms with Crippen molar-refractivity contribution in [3.8, 4) is 0 Å². The van der Waals surface area contributed by atoms with Gasteiger partial charge in [-0.3, -0.25) is 0 Å². The molecule has 0 unspecified atom stereocenters. The van der Waals surface area contributed by atoms with Crippen LogP contribution in [0.1, 0.15) is 17.5 Å². The van der Waals surface area contributed by atoms with Gasteiger partial charge in [-0.05, 0) is 30.7 Å². The lowest BCUT2D eigenvalue weighted by molar-refractivity contribution is -0.138. The van der Waals surface area contributed by atoms with Crippen LogP contribution in [0.15, 0.2) is 31.0 Å². The van der Waals surface area contributed by atoms with E-state index in [1.54, 1.807) is 0 Å². The second-order valence-electron chi connectivity index (χ2n) is 3.87. The molecule has 0 amide bonds. The number of benzene rings is 1. The van der Waals surface area contributed by atoms with Crippen LogP contribution in [0.5, 0.6) is 0 Å². The van der Waals surface area contributed by atoms with Crippen LogP contribution < -0.4 is 5.32 Å². The van der Waals surface area contributed by atoms with E-state index in [4.69, 9.17) is 4.74 Å². The Morgan fingerprint density at radius 1 is 1.32 bits per heavy atom. The van der Waals surface area contributed by atoms with Crippen molar-refractivity contribution in [2.24, 2.45) is 0 Å². The number of ether oxygens (including phenoxy) is 1. The summed E-state index contributed by atoms with van der Waals surface area (Å²) in [5.74, 6) is -0.893. The normalized spacial score (nSPS) is 11.4. The van der Waals surface area contributed by atoms with Crippen LogP contribution in [0, 0.1) is 5.82 Å². The van der Waals surface area contributed by atoms with E-state index in [9.17, 15) is 17.6 Å². The standard InChI is InChI=1S/C13H15F4NO/c1-2-19-7-3-6-18-9-10-4-5-11(14)8-12(10)13(15,16)17/h2,4-5,8,18H,1,3,6-7,9H2. The van der Waals surface area contributed by atoms with Gasteiger partial charge in [0.1, 0.15) is 5.82 Å². The zero-order valence-corrected chi connectivity index (χ0v) is 10.3. The van der Waals surface area contributed by atoms with E-state index < -0.39 is 17.6 Å². The van der Waals surface area contributed by atoms with Gasteiger partial charge >= 0.3 is 6.18 Å². The molecule has 0 fully saturated rings. The first kappa shape index (κ1) is 15.5.